The summed E-state index contributed by atoms with van der Waals surface area (Å²) in [6.45, 7) is 7.39. The fraction of sp³-hybridized carbons (Fsp3) is 0.389. The lowest BCUT2D eigenvalue weighted by Gasteiger charge is -2.25. The first-order valence-corrected chi connectivity index (χ1v) is 7.63. The lowest BCUT2D eigenvalue weighted by molar-refractivity contribution is -0.138. The second-order valence-corrected chi connectivity index (χ2v) is 5.03. The lowest BCUT2D eigenvalue weighted by Crippen LogP contribution is -2.41. The van der Waals surface area contributed by atoms with Crippen LogP contribution in [0.15, 0.2) is 42.5 Å². The minimum atomic E-state index is -0.411. The van der Waals surface area contributed by atoms with Gasteiger partial charge in [-0.25, -0.2) is 0 Å². The third kappa shape index (κ3) is 3.54. The van der Waals surface area contributed by atoms with Crippen LogP contribution in [-0.2, 0) is 4.79 Å². The van der Waals surface area contributed by atoms with Gasteiger partial charge in [-0.05, 0) is 43.2 Å². The highest BCUT2D eigenvalue weighted by Gasteiger charge is 2.22. The summed E-state index contributed by atoms with van der Waals surface area (Å²) in [6, 6.07) is 14.1. The highest BCUT2D eigenvalue weighted by molar-refractivity contribution is 5.84. The number of fused-ring (bicyclic) bond motifs is 1. The van der Waals surface area contributed by atoms with E-state index in [1.54, 1.807) is 0 Å². The largest absolute Gasteiger partial charge is 0.481 e. The molecule has 2 aromatic rings. The van der Waals surface area contributed by atoms with Crippen molar-refractivity contribution in [1.82, 2.24) is 4.90 Å². The molecule has 3 heteroatoms. The molecule has 3 nitrogen and oxygen atoms in total. The van der Waals surface area contributed by atoms with Gasteiger partial charge in [0.25, 0.3) is 5.91 Å². The first-order chi connectivity index (χ1) is 10.2. The van der Waals surface area contributed by atoms with Gasteiger partial charge in [0.1, 0.15) is 5.75 Å². The molecule has 2 rings (SSSR count). The zero-order valence-electron chi connectivity index (χ0n) is 13.0. The molecule has 0 aromatic heterocycles. The number of likely N-dealkylation sites (N-methyl/N-ethyl adjacent to an activating group) is 1. The Labute approximate surface area is 126 Å². The summed E-state index contributed by atoms with van der Waals surface area (Å²) in [7, 11) is 0. The van der Waals surface area contributed by atoms with E-state index in [4.69, 9.17) is 4.74 Å². The second kappa shape index (κ2) is 7.11. The quantitative estimate of drug-likeness (QED) is 0.806. The predicted octanol–water partition coefficient (Wildman–Crippen LogP) is 3.87. The van der Waals surface area contributed by atoms with Crippen molar-refractivity contribution in [2.75, 3.05) is 13.1 Å². The molecule has 0 spiro atoms. The third-order valence-electron chi connectivity index (χ3n) is 3.72. The SMILES string of the molecule is CC[C@H](Oc1ccc2ccccc2c1)C(=O)N(CC)CC. The maximum atomic E-state index is 12.4. The normalized spacial score (nSPS) is 12.1. The van der Waals surface area contributed by atoms with Gasteiger partial charge in [0.15, 0.2) is 6.10 Å². The maximum absolute atomic E-state index is 12.4. The van der Waals surface area contributed by atoms with E-state index in [1.807, 2.05) is 56.0 Å². The Morgan fingerprint density at radius 2 is 1.71 bits per heavy atom. The first kappa shape index (κ1) is 15.4. The molecule has 21 heavy (non-hydrogen) atoms. The Morgan fingerprint density at radius 3 is 2.33 bits per heavy atom. The number of nitrogens with zero attached hydrogens (tertiary/aromatic N) is 1. The van der Waals surface area contributed by atoms with Gasteiger partial charge in [-0.15, -0.1) is 0 Å². The topological polar surface area (TPSA) is 29.5 Å². The highest BCUT2D eigenvalue weighted by atomic mass is 16.5. The summed E-state index contributed by atoms with van der Waals surface area (Å²) < 4.78 is 5.93. The Kier molecular flexibility index (Phi) is 5.20. The highest BCUT2D eigenvalue weighted by Crippen LogP contribution is 2.22. The molecule has 0 unspecified atom stereocenters. The summed E-state index contributed by atoms with van der Waals surface area (Å²) in [5.74, 6) is 0.816. The van der Waals surface area contributed by atoms with Gasteiger partial charge < -0.3 is 9.64 Å². The molecular weight excluding hydrogens is 262 g/mol. The Morgan fingerprint density at radius 1 is 1.05 bits per heavy atom. The lowest BCUT2D eigenvalue weighted by atomic mass is 10.1. The number of hydrogen-bond acceptors (Lipinski definition) is 2. The van der Waals surface area contributed by atoms with E-state index in [0.29, 0.717) is 19.5 Å². The number of ether oxygens (including phenoxy) is 1. The van der Waals surface area contributed by atoms with E-state index in [1.165, 1.54) is 5.39 Å². The molecule has 0 aliphatic rings. The van der Waals surface area contributed by atoms with Crippen molar-refractivity contribution < 1.29 is 9.53 Å². The van der Waals surface area contributed by atoms with Crippen molar-refractivity contribution >= 4 is 16.7 Å². The average Bonchev–Trinajstić information content (AvgIpc) is 2.53. The van der Waals surface area contributed by atoms with Crippen molar-refractivity contribution in [3.05, 3.63) is 42.5 Å². The number of amides is 1. The molecule has 0 fully saturated rings. The van der Waals surface area contributed by atoms with E-state index in [-0.39, 0.29) is 5.91 Å². The fourth-order valence-electron chi connectivity index (χ4n) is 2.45. The zero-order chi connectivity index (χ0) is 15.2. The number of hydrogen-bond donors (Lipinski definition) is 0. The Bertz CT molecular complexity index is 605. The maximum Gasteiger partial charge on any atom is 0.263 e. The number of rotatable bonds is 6. The summed E-state index contributed by atoms with van der Waals surface area (Å²) in [5, 5.41) is 2.30. The smallest absolute Gasteiger partial charge is 0.263 e. The van der Waals surface area contributed by atoms with Crippen LogP contribution in [0.2, 0.25) is 0 Å². The van der Waals surface area contributed by atoms with Crippen molar-refractivity contribution in [3.63, 3.8) is 0 Å². The fourth-order valence-corrected chi connectivity index (χ4v) is 2.45. The van der Waals surface area contributed by atoms with Crippen LogP contribution in [0, 0.1) is 0 Å². The van der Waals surface area contributed by atoms with E-state index in [2.05, 4.69) is 12.1 Å². The Balaban J connectivity index is 2.18. The molecule has 1 amide bonds. The summed E-state index contributed by atoms with van der Waals surface area (Å²) in [4.78, 5) is 14.2. The zero-order valence-corrected chi connectivity index (χ0v) is 13.0. The Hall–Kier alpha value is -2.03. The van der Waals surface area contributed by atoms with Crippen LogP contribution >= 0.6 is 0 Å². The van der Waals surface area contributed by atoms with Crippen molar-refractivity contribution in [2.45, 2.75) is 33.3 Å². The number of carbonyl (C=O) groups is 1. The molecular formula is C18H23NO2. The van der Waals surface area contributed by atoms with Crippen LogP contribution in [0.4, 0.5) is 0 Å². The molecule has 0 radical (unpaired) electrons. The van der Waals surface area contributed by atoms with Crippen molar-refractivity contribution in [2.24, 2.45) is 0 Å². The van der Waals surface area contributed by atoms with Gasteiger partial charge in [-0.2, -0.15) is 0 Å². The van der Waals surface area contributed by atoms with Crippen LogP contribution in [0.25, 0.3) is 10.8 Å². The van der Waals surface area contributed by atoms with Gasteiger partial charge in [-0.1, -0.05) is 37.3 Å². The van der Waals surface area contributed by atoms with Gasteiger partial charge in [0.2, 0.25) is 0 Å². The van der Waals surface area contributed by atoms with E-state index in [0.717, 1.165) is 11.1 Å². The van der Waals surface area contributed by atoms with Gasteiger partial charge in [0.05, 0.1) is 0 Å². The minimum Gasteiger partial charge on any atom is -0.481 e. The summed E-state index contributed by atoms with van der Waals surface area (Å²) in [6.07, 6.45) is 0.258. The number of carbonyl (C=O) groups excluding carboxylic acids is 1. The first-order valence-electron chi connectivity index (χ1n) is 7.63. The van der Waals surface area contributed by atoms with Crippen molar-refractivity contribution in [1.29, 1.82) is 0 Å². The van der Waals surface area contributed by atoms with Crippen LogP contribution in [0.3, 0.4) is 0 Å². The van der Waals surface area contributed by atoms with E-state index < -0.39 is 6.10 Å². The molecule has 1 atom stereocenters. The predicted molar refractivity (Wildman–Crippen MR) is 86.6 cm³/mol. The summed E-state index contributed by atoms with van der Waals surface area (Å²) in [5.41, 5.74) is 0. The van der Waals surface area contributed by atoms with Crippen LogP contribution in [0.5, 0.6) is 5.75 Å². The second-order valence-electron chi connectivity index (χ2n) is 5.03. The molecule has 0 saturated carbocycles. The van der Waals surface area contributed by atoms with E-state index in [9.17, 15) is 4.79 Å². The van der Waals surface area contributed by atoms with Crippen LogP contribution in [0.1, 0.15) is 27.2 Å². The van der Waals surface area contributed by atoms with Crippen LogP contribution in [-0.4, -0.2) is 30.0 Å². The van der Waals surface area contributed by atoms with Crippen molar-refractivity contribution in [3.8, 4) is 5.75 Å². The molecule has 0 bridgehead atoms. The number of benzene rings is 2. The standard InChI is InChI=1S/C18H23NO2/c1-4-17(18(20)19(5-2)6-3)21-16-12-11-14-9-7-8-10-15(14)13-16/h7-13,17H,4-6H2,1-3H3/t17-/m0/s1. The van der Waals surface area contributed by atoms with Gasteiger partial charge >= 0.3 is 0 Å². The molecule has 0 aliphatic carbocycles. The molecule has 0 saturated heterocycles. The third-order valence-corrected chi connectivity index (χ3v) is 3.72. The molecule has 0 aliphatic heterocycles. The molecule has 0 N–H and O–H groups in total. The van der Waals surface area contributed by atoms with Crippen LogP contribution < -0.4 is 4.74 Å². The molecule has 2 aromatic carbocycles. The monoisotopic (exact) mass is 285 g/mol. The molecule has 0 heterocycles. The summed E-state index contributed by atoms with van der Waals surface area (Å²) >= 11 is 0. The van der Waals surface area contributed by atoms with E-state index >= 15 is 0 Å². The molecule has 112 valence electrons. The van der Waals surface area contributed by atoms with Gasteiger partial charge in [-0.3, -0.25) is 4.79 Å². The average molecular weight is 285 g/mol. The van der Waals surface area contributed by atoms with Gasteiger partial charge in [0, 0.05) is 13.1 Å². The minimum absolute atomic E-state index is 0.0654.